The first kappa shape index (κ1) is 23.4. The molecule has 2 fully saturated rings. The zero-order chi connectivity index (χ0) is 23.7. The summed E-state index contributed by atoms with van der Waals surface area (Å²) in [7, 11) is 1.98. The maximum absolute atomic E-state index is 14.1. The van der Waals surface area contributed by atoms with E-state index in [1.54, 1.807) is 0 Å². The highest BCUT2D eigenvalue weighted by Crippen LogP contribution is 2.40. The minimum Gasteiger partial charge on any atom is -0.505 e. The van der Waals surface area contributed by atoms with Crippen LogP contribution in [0.1, 0.15) is 31.7 Å². The monoisotopic (exact) mass is 458 g/mol. The van der Waals surface area contributed by atoms with Crippen molar-refractivity contribution in [2.45, 2.75) is 38.8 Å². The van der Waals surface area contributed by atoms with Crippen LogP contribution in [0, 0.1) is 17.6 Å². The number of benzene rings is 1. The van der Waals surface area contributed by atoms with E-state index in [1.165, 1.54) is 18.9 Å². The van der Waals surface area contributed by atoms with Gasteiger partial charge in [0, 0.05) is 42.5 Å². The number of allylic oxidation sites excluding steroid dienone is 1. The summed E-state index contributed by atoms with van der Waals surface area (Å²) in [5, 5.41) is 17.3. The number of halogens is 2. The highest BCUT2D eigenvalue weighted by Gasteiger charge is 2.41. The maximum atomic E-state index is 14.1. The van der Waals surface area contributed by atoms with Gasteiger partial charge in [-0.3, -0.25) is 4.79 Å². The first-order chi connectivity index (χ1) is 15.8. The van der Waals surface area contributed by atoms with Crippen LogP contribution in [-0.4, -0.2) is 60.1 Å². The lowest BCUT2D eigenvalue weighted by Gasteiger charge is -2.35. The molecule has 1 saturated carbocycles. The molecule has 2 heterocycles. The van der Waals surface area contributed by atoms with Gasteiger partial charge < -0.3 is 25.5 Å². The zero-order valence-corrected chi connectivity index (χ0v) is 19.3. The van der Waals surface area contributed by atoms with Crippen molar-refractivity contribution < 1.29 is 18.7 Å². The van der Waals surface area contributed by atoms with Gasteiger partial charge in [0.25, 0.3) is 5.91 Å². The van der Waals surface area contributed by atoms with E-state index in [0.717, 1.165) is 43.0 Å². The Balaban J connectivity index is 1.61. The van der Waals surface area contributed by atoms with Crippen molar-refractivity contribution in [1.82, 2.24) is 20.4 Å². The second-order valence-electron chi connectivity index (χ2n) is 9.13. The first-order valence-electron chi connectivity index (χ1n) is 11.6. The van der Waals surface area contributed by atoms with Crippen molar-refractivity contribution >= 4 is 5.91 Å². The predicted octanol–water partition coefficient (Wildman–Crippen LogP) is 3.20. The van der Waals surface area contributed by atoms with Gasteiger partial charge in [-0.1, -0.05) is 19.6 Å². The second-order valence-corrected chi connectivity index (χ2v) is 9.13. The Hall–Kier alpha value is -2.71. The third kappa shape index (κ3) is 4.96. The molecule has 1 saturated heterocycles. The number of carbonyl (C=O) groups is 1. The Morgan fingerprint density at radius 3 is 2.73 bits per heavy atom. The number of amides is 1. The van der Waals surface area contributed by atoms with Crippen molar-refractivity contribution in [3.8, 4) is 0 Å². The standard InChI is InChI=1S/C25H32F2N4O2/c1-4-30(3)14-21-24(32)15(2)22(23-20(9-10-31(21)23)28-12-16-5-6-16)25(33)29-13-17-7-8-18(26)11-19(17)27/h7-8,11,16,20,28,32H,2,4-6,9-10,12-14H2,1,3H3,(H,29,33). The van der Waals surface area contributed by atoms with Gasteiger partial charge in [0.1, 0.15) is 17.4 Å². The molecule has 1 amide bonds. The lowest BCUT2D eigenvalue weighted by Crippen LogP contribution is -2.40. The minimum absolute atomic E-state index is 0.0139. The SMILES string of the molecule is C=C1C(O)=C(CN(C)CC)N2CCC(NCC3CC3)C2=C1C(=O)NCc1ccc(F)cc1F. The summed E-state index contributed by atoms with van der Waals surface area (Å²) in [6.45, 7) is 8.93. The Kier molecular flexibility index (Phi) is 6.86. The first-order valence-corrected chi connectivity index (χ1v) is 11.6. The van der Waals surface area contributed by atoms with Gasteiger partial charge in [0.05, 0.1) is 17.3 Å². The molecular weight excluding hydrogens is 426 g/mol. The molecule has 0 radical (unpaired) electrons. The maximum Gasteiger partial charge on any atom is 0.254 e. The quantitative estimate of drug-likeness (QED) is 0.530. The summed E-state index contributed by atoms with van der Waals surface area (Å²) in [5.41, 5.74) is 2.35. The smallest absolute Gasteiger partial charge is 0.254 e. The Bertz CT molecular complexity index is 1020. The van der Waals surface area contributed by atoms with Gasteiger partial charge >= 0.3 is 0 Å². The van der Waals surface area contributed by atoms with Gasteiger partial charge in [-0.25, -0.2) is 8.78 Å². The van der Waals surface area contributed by atoms with Crippen LogP contribution in [0.2, 0.25) is 0 Å². The average Bonchev–Trinajstić information content (AvgIpc) is 3.53. The molecule has 1 aliphatic carbocycles. The zero-order valence-electron chi connectivity index (χ0n) is 19.3. The molecule has 8 heteroatoms. The average molecular weight is 459 g/mol. The van der Waals surface area contributed by atoms with Gasteiger partial charge in [-0.15, -0.1) is 0 Å². The minimum atomic E-state index is -0.713. The largest absolute Gasteiger partial charge is 0.505 e. The third-order valence-corrected chi connectivity index (χ3v) is 6.70. The molecule has 1 aromatic rings. The molecule has 4 rings (SSSR count). The fraction of sp³-hybridized carbons (Fsp3) is 0.480. The molecule has 1 aromatic carbocycles. The molecule has 6 nitrogen and oxygen atoms in total. The molecule has 3 aliphatic rings. The molecule has 178 valence electrons. The Morgan fingerprint density at radius 1 is 1.30 bits per heavy atom. The van der Waals surface area contributed by atoms with E-state index >= 15 is 0 Å². The van der Waals surface area contributed by atoms with Crippen LogP contribution >= 0.6 is 0 Å². The fourth-order valence-corrected chi connectivity index (χ4v) is 4.41. The van der Waals surface area contributed by atoms with E-state index in [0.29, 0.717) is 24.6 Å². The number of nitrogens with zero attached hydrogens (tertiary/aromatic N) is 2. The number of rotatable bonds is 9. The van der Waals surface area contributed by atoms with E-state index in [2.05, 4.69) is 22.1 Å². The van der Waals surface area contributed by atoms with Crippen LogP contribution in [0.15, 0.2) is 53.1 Å². The summed E-state index contributed by atoms with van der Waals surface area (Å²) in [4.78, 5) is 17.4. The van der Waals surface area contributed by atoms with Crippen molar-refractivity contribution in [3.05, 3.63) is 70.3 Å². The topological polar surface area (TPSA) is 67.8 Å². The van der Waals surface area contributed by atoms with Crippen molar-refractivity contribution in [2.75, 3.05) is 33.2 Å². The highest BCUT2D eigenvalue weighted by molar-refractivity contribution is 6.00. The summed E-state index contributed by atoms with van der Waals surface area (Å²) in [5.74, 6) is -1.12. The summed E-state index contributed by atoms with van der Waals surface area (Å²) < 4.78 is 27.3. The van der Waals surface area contributed by atoms with Crippen LogP contribution in [-0.2, 0) is 11.3 Å². The fourth-order valence-electron chi connectivity index (χ4n) is 4.41. The number of aliphatic hydroxyl groups is 1. The Labute approximate surface area is 193 Å². The normalized spacial score (nSPS) is 20.7. The number of nitrogens with one attached hydrogen (secondary N) is 2. The molecule has 33 heavy (non-hydrogen) atoms. The number of hydrogen-bond acceptors (Lipinski definition) is 5. The number of fused-ring (bicyclic) bond motifs is 1. The molecule has 0 aromatic heterocycles. The summed E-state index contributed by atoms with van der Waals surface area (Å²) in [6.07, 6.45) is 3.25. The van der Waals surface area contributed by atoms with Gasteiger partial charge in [-0.05, 0) is 51.4 Å². The molecule has 1 atom stereocenters. The van der Waals surface area contributed by atoms with Crippen molar-refractivity contribution in [3.63, 3.8) is 0 Å². The lowest BCUT2D eigenvalue weighted by molar-refractivity contribution is -0.117. The van der Waals surface area contributed by atoms with E-state index in [4.69, 9.17) is 0 Å². The molecule has 1 unspecified atom stereocenters. The number of likely N-dealkylation sites (N-methyl/N-ethyl adjacent to an activating group) is 1. The predicted molar refractivity (Wildman–Crippen MR) is 123 cm³/mol. The van der Waals surface area contributed by atoms with Crippen molar-refractivity contribution in [2.24, 2.45) is 5.92 Å². The molecule has 0 spiro atoms. The van der Waals surface area contributed by atoms with E-state index in [1.807, 2.05) is 18.9 Å². The van der Waals surface area contributed by atoms with E-state index in [-0.39, 0.29) is 29.5 Å². The highest BCUT2D eigenvalue weighted by atomic mass is 19.1. The van der Waals surface area contributed by atoms with Crippen molar-refractivity contribution in [1.29, 1.82) is 0 Å². The Morgan fingerprint density at radius 2 is 2.06 bits per heavy atom. The van der Waals surface area contributed by atoms with Gasteiger partial charge in [0.2, 0.25) is 0 Å². The van der Waals surface area contributed by atoms with E-state index < -0.39 is 17.5 Å². The van der Waals surface area contributed by atoms with Gasteiger partial charge in [0.15, 0.2) is 0 Å². The molecule has 3 N–H and O–H groups in total. The van der Waals surface area contributed by atoms with Crippen LogP contribution in [0.4, 0.5) is 8.78 Å². The molecule has 0 bridgehead atoms. The second kappa shape index (κ2) is 9.65. The third-order valence-electron chi connectivity index (χ3n) is 6.70. The number of hydrogen-bond donors (Lipinski definition) is 3. The van der Waals surface area contributed by atoms with E-state index in [9.17, 15) is 18.7 Å². The molecular formula is C25H32F2N4O2. The summed E-state index contributed by atoms with van der Waals surface area (Å²) >= 11 is 0. The lowest BCUT2D eigenvalue weighted by atomic mass is 9.94. The van der Waals surface area contributed by atoms with Crippen LogP contribution in [0.3, 0.4) is 0 Å². The van der Waals surface area contributed by atoms with Crippen LogP contribution in [0.5, 0.6) is 0 Å². The number of aliphatic hydroxyl groups excluding tert-OH is 1. The number of carbonyl (C=O) groups excluding carboxylic acids is 1. The van der Waals surface area contributed by atoms with Crippen LogP contribution in [0.25, 0.3) is 0 Å². The molecule has 2 aliphatic heterocycles. The van der Waals surface area contributed by atoms with Crippen LogP contribution < -0.4 is 10.6 Å². The summed E-state index contributed by atoms with van der Waals surface area (Å²) in [6, 6.07) is 3.25. The van der Waals surface area contributed by atoms with Gasteiger partial charge in [-0.2, -0.15) is 0 Å².